The molecule has 7 nitrogen and oxygen atoms in total. The number of rotatable bonds is 9. The summed E-state index contributed by atoms with van der Waals surface area (Å²) in [6.07, 6.45) is 1.68. The van der Waals surface area contributed by atoms with Crippen molar-refractivity contribution in [3.8, 4) is 11.5 Å². The number of carbonyl (C=O) groups is 1. The molecule has 27 heavy (non-hydrogen) atoms. The third kappa shape index (κ3) is 4.88. The zero-order chi connectivity index (χ0) is 19.1. The summed E-state index contributed by atoms with van der Waals surface area (Å²) < 4.78 is 21.5. The van der Waals surface area contributed by atoms with Gasteiger partial charge in [0.05, 0.1) is 46.3 Å². The molecule has 0 aliphatic carbocycles. The van der Waals surface area contributed by atoms with E-state index in [1.807, 2.05) is 12.1 Å². The number of morpholine rings is 1. The van der Waals surface area contributed by atoms with Gasteiger partial charge in [-0.15, -0.1) is 0 Å². The van der Waals surface area contributed by atoms with Crippen LogP contribution in [-0.4, -0.2) is 64.3 Å². The molecule has 2 aromatic rings. The molecule has 0 radical (unpaired) electrons. The number of furan rings is 1. The molecule has 1 fully saturated rings. The van der Waals surface area contributed by atoms with Gasteiger partial charge in [-0.2, -0.15) is 0 Å². The van der Waals surface area contributed by atoms with Crippen molar-refractivity contribution < 1.29 is 23.4 Å². The quantitative estimate of drug-likeness (QED) is 0.674. The van der Waals surface area contributed by atoms with E-state index in [0.717, 1.165) is 18.8 Å². The largest absolute Gasteiger partial charge is 0.493 e. The molecule has 1 unspecified atom stereocenters. The average Bonchev–Trinajstić information content (AvgIpc) is 3.25. The number of ketones is 1. The van der Waals surface area contributed by atoms with Crippen molar-refractivity contribution in [1.29, 1.82) is 0 Å². The van der Waals surface area contributed by atoms with E-state index in [1.54, 1.807) is 38.7 Å². The number of nitrogens with one attached hydrogen (secondary N) is 1. The molecule has 1 N–H and O–H groups in total. The summed E-state index contributed by atoms with van der Waals surface area (Å²) in [6, 6.07) is 9.12. The van der Waals surface area contributed by atoms with Crippen molar-refractivity contribution in [3.63, 3.8) is 0 Å². The Hall–Kier alpha value is -2.35. The van der Waals surface area contributed by atoms with Gasteiger partial charge in [0.2, 0.25) is 0 Å². The Morgan fingerprint density at radius 1 is 1.19 bits per heavy atom. The van der Waals surface area contributed by atoms with Gasteiger partial charge >= 0.3 is 0 Å². The van der Waals surface area contributed by atoms with E-state index in [1.165, 1.54) is 0 Å². The molecular formula is C20H26N2O5. The van der Waals surface area contributed by atoms with Crippen LogP contribution in [0.1, 0.15) is 22.2 Å². The first kappa shape index (κ1) is 19.4. The fraction of sp³-hybridized carbons (Fsp3) is 0.450. The van der Waals surface area contributed by atoms with Crippen molar-refractivity contribution in [3.05, 3.63) is 47.9 Å². The molecule has 0 saturated carbocycles. The summed E-state index contributed by atoms with van der Waals surface area (Å²) in [5.74, 6) is 2.04. The predicted molar refractivity (Wildman–Crippen MR) is 101 cm³/mol. The van der Waals surface area contributed by atoms with Gasteiger partial charge in [0.1, 0.15) is 5.76 Å². The Balaban J connectivity index is 1.60. The molecule has 146 valence electrons. The SMILES string of the molecule is COc1ccc(C(=O)CNCC(c2ccco2)N2CCOCC2)cc1OC. The van der Waals surface area contributed by atoms with Crippen LogP contribution in [-0.2, 0) is 4.74 Å². The minimum atomic E-state index is -0.00359. The van der Waals surface area contributed by atoms with Crippen LogP contribution in [0.25, 0.3) is 0 Å². The van der Waals surface area contributed by atoms with Crippen LogP contribution in [0.4, 0.5) is 0 Å². The molecule has 7 heteroatoms. The van der Waals surface area contributed by atoms with E-state index in [0.29, 0.717) is 36.8 Å². The smallest absolute Gasteiger partial charge is 0.176 e. The summed E-state index contributed by atoms with van der Waals surface area (Å²) in [7, 11) is 3.13. The summed E-state index contributed by atoms with van der Waals surface area (Å²) in [5.41, 5.74) is 0.584. The third-order valence-electron chi connectivity index (χ3n) is 4.69. The standard InChI is InChI=1S/C20H26N2O5/c1-24-19-6-5-15(12-20(19)25-2)17(23)14-21-13-16(18-4-3-9-27-18)22-7-10-26-11-8-22/h3-6,9,12,16,21H,7-8,10-11,13-14H2,1-2H3. The maximum Gasteiger partial charge on any atom is 0.176 e. The second-order valence-corrected chi connectivity index (χ2v) is 6.30. The lowest BCUT2D eigenvalue weighted by atomic mass is 10.1. The summed E-state index contributed by atoms with van der Waals surface area (Å²) in [4.78, 5) is 14.9. The Morgan fingerprint density at radius 2 is 1.96 bits per heavy atom. The molecule has 0 bridgehead atoms. The Bertz CT molecular complexity index is 726. The molecule has 2 heterocycles. The lowest BCUT2D eigenvalue weighted by Crippen LogP contribution is -2.43. The maximum atomic E-state index is 12.5. The first-order valence-electron chi connectivity index (χ1n) is 9.04. The van der Waals surface area contributed by atoms with Crippen molar-refractivity contribution >= 4 is 5.78 Å². The highest BCUT2D eigenvalue weighted by Crippen LogP contribution is 2.27. The van der Waals surface area contributed by atoms with Crippen molar-refractivity contribution in [2.75, 3.05) is 53.6 Å². The topological polar surface area (TPSA) is 73.2 Å². The van der Waals surface area contributed by atoms with E-state index in [9.17, 15) is 4.79 Å². The van der Waals surface area contributed by atoms with Crippen molar-refractivity contribution in [1.82, 2.24) is 10.2 Å². The van der Waals surface area contributed by atoms with E-state index in [-0.39, 0.29) is 18.4 Å². The molecule has 1 saturated heterocycles. The van der Waals surface area contributed by atoms with Crippen LogP contribution in [0.2, 0.25) is 0 Å². The Morgan fingerprint density at radius 3 is 2.63 bits per heavy atom. The number of ether oxygens (including phenoxy) is 3. The average molecular weight is 374 g/mol. The number of carbonyl (C=O) groups excluding carboxylic acids is 1. The van der Waals surface area contributed by atoms with E-state index in [2.05, 4.69) is 10.2 Å². The van der Waals surface area contributed by atoms with Crippen LogP contribution in [0.5, 0.6) is 11.5 Å². The highest BCUT2D eigenvalue weighted by Gasteiger charge is 2.24. The van der Waals surface area contributed by atoms with Gasteiger partial charge in [-0.3, -0.25) is 9.69 Å². The van der Waals surface area contributed by atoms with E-state index >= 15 is 0 Å². The first-order valence-corrected chi connectivity index (χ1v) is 9.04. The van der Waals surface area contributed by atoms with Crippen LogP contribution in [0.15, 0.2) is 41.0 Å². The van der Waals surface area contributed by atoms with Gasteiger partial charge in [-0.1, -0.05) is 0 Å². The number of nitrogens with zero attached hydrogens (tertiary/aromatic N) is 1. The molecule has 1 aliphatic rings. The van der Waals surface area contributed by atoms with Gasteiger partial charge in [-0.05, 0) is 30.3 Å². The zero-order valence-corrected chi connectivity index (χ0v) is 15.8. The first-order chi connectivity index (χ1) is 13.2. The Labute approximate surface area is 159 Å². The second-order valence-electron chi connectivity index (χ2n) is 6.30. The summed E-state index contributed by atoms with van der Waals surface area (Å²) >= 11 is 0. The van der Waals surface area contributed by atoms with E-state index in [4.69, 9.17) is 18.6 Å². The number of hydrogen-bond acceptors (Lipinski definition) is 7. The summed E-state index contributed by atoms with van der Waals surface area (Å²) in [5, 5.41) is 3.27. The third-order valence-corrected chi connectivity index (χ3v) is 4.69. The molecule has 1 atom stereocenters. The minimum Gasteiger partial charge on any atom is -0.493 e. The predicted octanol–water partition coefficient (Wildman–Crippen LogP) is 2.14. The van der Waals surface area contributed by atoms with Gasteiger partial charge in [-0.25, -0.2) is 0 Å². The van der Waals surface area contributed by atoms with Gasteiger partial charge in [0.25, 0.3) is 0 Å². The van der Waals surface area contributed by atoms with Crippen LogP contribution in [0.3, 0.4) is 0 Å². The highest BCUT2D eigenvalue weighted by molar-refractivity contribution is 5.98. The maximum absolute atomic E-state index is 12.5. The highest BCUT2D eigenvalue weighted by atomic mass is 16.5. The van der Waals surface area contributed by atoms with Crippen LogP contribution < -0.4 is 14.8 Å². The monoisotopic (exact) mass is 374 g/mol. The molecule has 1 aliphatic heterocycles. The number of benzene rings is 1. The second kappa shape index (κ2) is 9.55. The van der Waals surface area contributed by atoms with Crippen LogP contribution >= 0.6 is 0 Å². The van der Waals surface area contributed by atoms with E-state index < -0.39 is 0 Å². The Kier molecular flexibility index (Phi) is 6.86. The molecular weight excluding hydrogens is 348 g/mol. The fourth-order valence-corrected chi connectivity index (χ4v) is 3.21. The molecule has 0 spiro atoms. The molecule has 1 aromatic heterocycles. The summed E-state index contributed by atoms with van der Waals surface area (Å²) in [6.45, 7) is 3.96. The number of methoxy groups -OCH3 is 2. The molecule has 1 aromatic carbocycles. The van der Waals surface area contributed by atoms with Gasteiger partial charge < -0.3 is 23.9 Å². The van der Waals surface area contributed by atoms with Crippen molar-refractivity contribution in [2.45, 2.75) is 6.04 Å². The molecule has 0 amide bonds. The molecule has 3 rings (SSSR count). The minimum absolute atomic E-state index is 0.00359. The lowest BCUT2D eigenvalue weighted by molar-refractivity contribution is 0.0118. The normalized spacial score (nSPS) is 16.1. The number of Topliss-reactive ketones (excluding diaryl/α,β-unsaturated/α-hetero) is 1. The van der Waals surface area contributed by atoms with Gasteiger partial charge in [0.15, 0.2) is 17.3 Å². The number of hydrogen-bond donors (Lipinski definition) is 1. The zero-order valence-electron chi connectivity index (χ0n) is 15.8. The lowest BCUT2D eigenvalue weighted by Gasteiger charge is -2.33. The fourth-order valence-electron chi connectivity index (χ4n) is 3.21. The van der Waals surface area contributed by atoms with Gasteiger partial charge in [0, 0.05) is 25.2 Å². The van der Waals surface area contributed by atoms with Crippen LogP contribution in [0, 0.1) is 0 Å². The van der Waals surface area contributed by atoms with Crippen molar-refractivity contribution in [2.24, 2.45) is 0 Å².